The minimum absolute atomic E-state index is 0.288. The van der Waals surface area contributed by atoms with Crippen LogP contribution in [0.4, 0.5) is 5.69 Å². The van der Waals surface area contributed by atoms with Crippen LogP contribution in [0.25, 0.3) is 44.1 Å². The Labute approximate surface area is 214 Å². The number of carbonyl (C=O) groups excluding carboxylic acids is 2. The summed E-state index contributed by atoms with van der Waals surface area (Å²) in [7, 11) is 2.04. The highest BCUT2D eigenvalue weighted by Gasteiger charge is 2.43. The fourth-order valence-corrected chi connectivity index (χ4v) is 5.77. The van der Waals surface area contributed by atoms with Gasteiger partial charge < -0.3 is 4.57 Å². The lowest BCUT2D eigenvalue weighted by Gasteiger charge is -2.17. The number of benzene rings is 5. The molecule has 0 radical (unpaired) electrons. The summed E-state index contributed by atoms with van der Waals surface area (Å²) < 4.78 is 2.16. The Morgan fingerprint density at radius 2 is 1.03 bits per heavy atom. The van der Waals surface area contributed by atoms with Gasteiger partial charge in [-0.3, -0.25) is 9.59 Å². The Kier molecular flexibility index (Phi) is 4.63. The van der Waals surface area contributed by atoms with E-state index in [1.54, 1.807) is 0 Å². The minimum Gasteiger partial charge on any atom is -0.343 e. The number of hydrogen-bond acceptors (Lipinski definition) is 2. The number of nitrogens with zero attached hydrogens (tertiary/aromatic N) is 2. The molecule has 0 bridgehead atoms. The SMILES string of the molecule is Cn1c2ccccc2c2c3c(c(-c4ccccc4)c(-c4ccccc4)c21)C(=O)N(c1ccccc1)C3=O. The molecule has 1 aliphatic rings. The highest BCUT2D eigenvalue weighted by atomic mass is 16.2. The first-order valence-corrected chi connectivity index (χ1v) is 12.3. The third kappa shape index (κ3) is 2.96. The zero-order valence-corrected chi connectivity index (χ0v) is 20.2. The van der Waals surface area contributed by atoms with Gasteiger partial charge in [-0.25, -0.2) is 4.90 Å². The molecule has 0 saturated carbocycles. The second kappa shape index (κ2) is 8.04. The van der Waals surface area contributed by atoms with E-state index in [0.717, 1.165) is 44.1 Å². The summed E-state index contributed by atoms with van der Waals surface area (Å²) in [5, 5.41) is 1.78. The molecule has 2 amide bonds. The van der Waals surface area contributed by atoms with Crippen LogP contribution in [-0.4, -0.2) is 16.4 Å². The molecule has 4 heteroatoms. The number of amides is 2. The Morgan fingerprint density at radius 1 is 0.514 bits per heavy atom. The molecule has 4 nitrogen and oxygen atoms in total. The molecular weight excluding hydrogens is 456 g/mol. The van der Waals surface area contributed by atoms with Crippen molar-refractivity contribution in [2.45, 2.75) is 0 Å². The van der Waals surface area contributed by atoms with Gasteiger partial charge in [0.15, 0.2) is 0 Å². The van der Waals surface area contributed by atoms with Gasteiger partial charge >= 0.3 is 0 Å². The fourth-order valence-electron chi connectivity index (χ4n) is 5.77. The number of hydrogen-bond donors (Lipinski definition) is 0. The van der Waals surface area contributed by atoms with Gasteiger partial charge in [-0.15, -0.1) is 0 Å². The second-order valence-electron chi connectivity index (χ2n) is 9.31. The Bertz CT molecular complexity index is 1850. The monoisotopic (exact) mass is 478 g/mol. The lowest BCUT2D eigenvalue weighted by Crippen LogP contribution is -2.29. The van der Waals surface area contributed by atoms with Gasteiger partial charge in [0.2, 0.25) is 0 Å². The highest BCUT2D eigenvalue weighted by molar-refractivity contribution is 6.42. The van der Waals surface area contributed by atoms with Crippen LogP contribution in [0.5, 0.6) is 0 Å². The number of carbonyl (C=O) groups is 2. The zero-order chi connectivity index (χ0) is 25.1. The standard InChI is InChI=1S/C33H22N2O2/c1-34-25-20-12-11-19-24(25)28-30-29(32(36)35(33(30)37)23-17-9-4-10-18-23)26(21-13-5-2-6-14-21)27(31(28)34)22-15-7-3-8-16-22/h2-20H,1H3. The first kappa shape index (κ1) is 21.3. The van der Waals surface area contributed by atoms with Crippen LogP contribution < -0.4 is 4.90 Å². The first-order valence-electron chi connectivity index (χ1n) is 12.3. The molecular formula is C33H22N2O2. The average molecular weight is 479 g/mol. The van der Waals surface area contributed by atoms with E-state index in [1.807, 2.05) is 104 Å². The molecule has 0 saturated heterocycles. The van der Waals surface area contributed by atoms with E-state index in [1.165, 1.54) is 4.90 Å². The summed E-state index contributed by atoms with van der Waals surface area (Å²) >= 11 is 0. The smallest absolute Gasteiger partial charge is 0.266 e. The molecule has 6 aromatic rings. The number of para-hydroxylation sites is 2. The lowest BCUT2D eigenvalue weighted by atomic mass is 9.85. The predicted octanol–water partition coefficient (Wildman–Crippen LogP) is 7.47. The van der Waals surface area contributed by atoms with Gasteiger partial charge in [0, 0.05) is 34.5 Å². The second-order valence-corrected chi connectivity index (χ2v) is 9.31. The van der Waals surface area contributed by atoms with Crippen molar-refractivity contribution >= 4 is 39.3 Å². The summed E-state index contributed by atoms with van der Waals surface area (Å²) in [6.07, 6.45) is 0. The van der Waals surface area contributed by atoms with Gasteiger partial charge in [-0.1, -0.05) is 97.1 Å². The van der Waals surface area contributed by atoms with Crippen molar-refractivity contribution in [1.82, 2.24) is 4.57 Å². The maximum absolute atomic E-state index is 14.3. The third-order valence-corrected chi connectivity index (χ3v) is 7.32. The van der Waals surface area contributed by atoms with Crippen molar-refractivity contribution in [3.63, 3.8) is 0 Å². The van der Waals surface area contributed by atoms with E-state index in [4.69, 9.17) is 0 Å². The van der Waals surface area contributed by atoms with E-state index in [2.05, 4.69) is 22.8 Å². The minimum atomic E-state index is -0.294. The van der Waals surface area contributed by atoms with Crippen LogP contribution in [0.1, 0.15) is 20.7 Å². The normalized spacial score (nSPS) is 13.1. The summed E-state index contributed by atoms with van der Waals surface area (Å²) in [5.41, 5.74) is 7.11. The molecule has 0 spiro atoms. The lowest BCUT2D eigenvalue weighted by molar-refractivity contribution is 0.0927. The van der Waals surface area contributed by atoms with Gasteiger partial charge in [-0.05, 0) is 29.3 Å². The summed E-state index contributed by atoms with van der Waals surface area (Å²) in [6, 6.07) is 37.4. The summed E-state index contributed by atoms with van der Waals surface area (Å²) in [5.74, 6) is -0.582. The maximum Gasteiger partial charge on any atom is 0.266 e. The number of anilines is 1. The van der Waals surface area contributed by atoms with Crippen LogP contribution in [0.3, 0.4) is 0 Å². The van der Waals surface area contributed by atoms with E-state index >= 15 is 0 Å². The topological polar surface area (TPSA) is 42.3 Å². The molecule has 1 aromatic heterocycles. The van der Waals surface area contributed by atoms with Crippen molar-refractivity contribution in [2.24, 2.45) is 7.05 Å². The molecule has 0 unspecified atom stereocenters. The van der Waals surface area contributed by atoms with Gasteiger partial charge in [0.25, 0.3) is 11.8 Å². The van der Waals surface area contributed by atoms with Gasteiger partial charge in [-0.2, -0.15) is 0 Å². The molecule has 0 atom stereocenters. The van der Waals surface area contributed by atoms with Crippen molar-refractivity contribution in [2.75, 3.05) is 4.90 Å². The zero-order valence-electron chi connectivity index (χ0n) is 20.2. The molecule has 37 heavy (non-hydrogen) atoms. The number of aromatic nitrogens is 1. The molecule has 7 rings (SSSR count). The molecule has 5 aromatic carbocycles. The number of aryl methyl sites for hydroxylation is 1. The van der Waals surface area contributed by atoms with Crippen molar-refractivity contribution in [3.05, 3.63) is 126 Å². The highest BCUT2D eigenvalue weighted by Crippen LogP contribution is 2.49. The van der Waals surface area contributed by atoms with Crippen LogP contribution in [0.15, 0.2) is 115 Å². The van der Waals surface area contributed by atoms with E-state index in [9.17, 15) is 9.59 Å². The molecule has 0 fully saturated rings. The summed E-state index contributed by atoms with van der Waals surface area (Å²) in [4.78, 5) is 29.8. The third-order valence-electron chi connectivity index (χ3n) is 7.32. The Morgan fingerprint density at radius 3 is 1.68 bits per heavy atom. The number of imide groups is 1. The van der Waals surface area contributed by atoms with Crippen LogP contribution in [0.2, 0.25) is 0 Å². The molecule has 0 aliphatic carbocycles. The van der Waals surface area contributed by atoms with Crippen LogP contribution >= 0.6 is 0 Å². The van der Waals surface area contributed by atoms with Crippen LogP contribution in [-0.2, 0) is 7.05 Å². The Balaban J connectivity index is 1.73. The summed E-state index contributed by atoms with van der Waals surface area (Å²) in [6.45, 7) is 0. The first-order chi connectivity index (χ1) is 18.2. The quantitative estimate of drug-likeness (QED) is 0.248. The molecule has 0 N–H and O–H groups in total. The van der Waals surface area contributed by atoms with E-state index in [-0.39, 0.29) is 11.8 Å². The van der Waals surface area contributed by atoms with Crippen molar-refractivity contribution < 1.29 is 9.59 Å². The van der Waals surface area contributed by atoms with Gasteiger partial charge in [0.05, 0.1) is 22.3 Å². The van der Waals surface area contributed by atoms with Crippen molar-refractivity contribution in [3.8, 4) is 22.3 Å². The predicted molar refractivity (Wildman–Crippen MR) is 149 cm³/mol. The fraction of sp³-hybridized carbons (Fsp3) is 0.0303. The average Bonchev–Trinajstić information content (AvgIpc) is 3.39. The van der Waals surface area contributed by atoms with Gasteiger partial charge in [0.1, 0.15) is 0 Å². The number of fused-ring (bicyclic) bond motifs is 5. The molecule has 1 aliphatic heterocycles. The Hall–Kier alpha value is -4.96. The largest absolute Gasteiger partial charge is 0.343 e. The molecule has 2 heterocycles. The van der Waals surface area contributed by atoms with E-state index in [0.29, 0.717) is 16.8 Å². The number of rotatable bonds is 3. The maximum atomic E-state index is 14.3. The van der Waals surface area contributed by atoms with Crippen molar-refractivity contribution in [1.29, 1.82) is 0 Å². The van der Waals surface area contributed by atoms with Crippen LogP contribution in [0, 0.1) is 0 Å². The van der Waals surface area contributed by atoms with E-state index < -0.39 is 0 Å². The molecule has 176 valence electrons.